The molecule has 6 heteroatoms. The van der Waals surface area contributed by atoms with Gasteiger partial charge in [0.15, 0.2) is 0 Å². The topological polar surface area (TPSA) is 22.0 Å². The van der Waals surface area contributed by atoms with Crippen LogP contribution in [-0.4, -0.2) is 9.90 Å². The average Bonchev–Trinajstić information content (AvgIpc) is 2.25. The number of halogens is 4. The Bertz CT molecular complexity index is 414. The van der Waals surface area contributed by atoms with Crippen molar-refractivity contribution in [3.05, 3.63) is 34.2 Å². The lowest BCUT2D eigenvalue weighted by Crippen LogP contribution is -2.21. The third kappa shape index (κ3) is 4.53. The van der Waals surface area contributed by atoms with Gasteiger partial charge in [-0.25, -0.2) is 0 Å². The van der Waals surface area contributed by atoms with Crippen molar-refractivity contribution in [1.29, 1.82) is 0 Å². The highest BCUT2D eigenvalue weighted by atomic mass is 79.9. The van der Waals surface area contributed by atoms with Crippen molar-refractivity contribution in [3.8, 4) is 0 Å². The minimum absolute atomic E-state index is 0.329. The van der Waals surface area contributed by atoms with Crippen LogP contribution < -0.4 is 5.56 Å². The minimum atomic E-state index is -4.40. The van der Waals surface area contributed by atoms with Gasteiger partial charge in [0.1, 0.15) is 0 Å². The van der Waals surface area contributed by atoms with Crippen molar-refractivity contribution < 1.29 is 13.2 Å². The Hall–Kier alpha value is -0.780. The van der Waals surface area contributed by atoms with E-state index >= 15 is 0 Å². The molecule has 0 spiro atoms. The molecule has 2 nitrogen and oxygen atoms in total. The van der Waals surface area contributed by atoms with Gasteiger partial charge in [0, 0.05) is 24.1 Å². The summed E-state index contributed by atoms with van der Waals surface area (Å²) in [6, 6.07) is 1.78. The smallest absolute Gasteiger partial charge is 0.315 e. The minimum Gasteiger partial charge on any atom is -0.315 e. The number of nitrogens with zero attached hydrogens (tertiary/aromatic N) is 1. The van der Waals surface area contributed by atoms with E-state index in [4.69, 9.17) is 0 Å². The summed E-state index contributed by atoms with van der Waals surface area (Å²) in [5.41, 5.74) is -1.17. The third-order valence-electron chi connectivity index (χ3n) is 2.34. The molecule has 0 aliphatic rings. The van der Waals surface area contributed by atoms with Gasteiger partial charge in [-0.15, -0.1) is 0 Å². The molecule has 1 heterocycles. The lowest BCUT2D eigenvalue weighted by atomic mass is 10.2. The number of aryl methyl sites for hydroxylation is 1. The number of hydrogen-bond acceptors (Lipinski definition) is 1. The lowest BCUT2D eigenvalue weighted by molar-refractivity contribution is -0.138. The molecular weight excluding hydrogens is 299 g/mol. The first-order valence-electron chi connectivity index (χ1n) is 5.29. The second kappa shape index (κ2) is 6.23. The molecule has 0 radical (unpaired) electrons. The number of alkyl halides is 4. The number of aromatic nitrogens is 1. The summed E-state index contributed by atoms with van der Waals surface area (Å²) in [4.78, 5) is 11.3. The molecule has 0 saturated carbocycles. The molecule has 0 atom stereocenters. The summed E-state index contributed by atoms with van der Waals surface area (Å²) in [5, 5.41) is 0.866. The zero-order valence-corrected chi connectivity index (χ0v) is 10.7. The molecule has 1 aromatic rings. The Kier molecular flexibility index (Phi) is 5.24. The van der Waals surface area contributed by atoms with Crippen LogP contribution in [0.3, 0.4) is 0 Å². The van der Waals surface area contributed by atoms with Crippen LogP contribution in [0, 0.1) is 0 Å². The molecule has 1 rings (SSSR count). The maximum absolute atomic E-state index is 12.4. The molecule has 0 saturated heterocycles. The van der Waals surface area contributed by atoms with Gasteiger partial charge in [0.2, 0.25) is 0 Å². The summed E-state index contributed by atoms with van der Waals surface area (Å²) in [6.45, 7) is 0.329. The summed E-state index contributed by atoms with van der Waals surface area (Å²) < 4.78 is 38.4. The van der Waals surface area contributed by atoms with E-state index in [2.05, 4.69) is 15.9 Å². The Balaban J connectivity index is 2.74. The monoisotopic (exact) mass is 311 g/mol. The first kappa shape index (κ1) is 14.3. The van der Waals surface area contributed by atoms with Gasteiger partial charge < -0.3 is 4.57 Å². The van der Waals surface area contributed by atoms with E-state index in [-0.39, 0.29) is 0 Å². The summed E-state index contributed by atoms with van der Waals surface area (Å²) in [6.07, 6.45) is -0.976. The number of hydrogen-bond donors (Lipinski definition) is 0. The molecule has 17 heavy (non-hydrogen) atoms. The van der Waals surface area contributed by atoms with Gasteiger partial charge in [-0.3, -0.25) is 4.79 Å². The van der Waals surface area contributed by atoms with E-state index in [1.807, 2.05) is 0 Å². The van der Waals surface area contributed by atoms with Crippen molar-refractivity contribution in [2.75, 3.05) is 5.33 Å². The highest BCUT2D eigenvalue weighted by Crippen LogP contribution is 2.28. The van der Waals surface area contributed by atoms with E-state index in [9.17, 15) is 18.0 Å². The molecule has 0 amide bonds. The first-order valence-corrected chi connectivity index (χ1v) is 6.41. The molecule has 0 bridgehead atoms. The normalized spacial score (nSPS) is 11.8. The second-order valence-electron chi connectivity index (χ2n) is 3.70. The Morgan fingerprint density at radius 3 is 2.47 bits per heavy atom. The third-order valence-corrected chi connectivity index (χ3v) is 2.90. The molecule has 0 fully saturated rings. The maximum Gasteiger partial charge on any atom is 0.417 e. The number of rotatable bonds is 5. The van der Waals surface area contributed by atoms with Crippen LogP contribution >= 0.6 is 15.9 Å². The highest BCUT2D eigenvalue weighted by molar-refractivity contribution is 9.09. The maximum atomic E-state index is 12.4. The van der Waals surface area contributed by atoms with Crippen molar-refractivity contribution >= 4 is 15.9 Å². The van der Waals surface area contributed by atoms with Gasteiger partial charge in [-0.2, -0.15) is 13.2 Å². The Morgan fingerprint density at radius 2 is 1.88 bits per heavy atom. The second-order valence-corrected chi connectivity index (χ2v) is 4.49. The van der Waals surface area contributed by atoms with E-state index in [1.165, 1.54) is 0 Å². The molecule has 0 aliphatic heterocycles. The SMILES string of the molecule is O=c1ccc(C(F)(F)F)cn1CCCCCBr. The van der Waals surface area contributed by atoms with Crippen LogP contribution in [0.25, 0.3) is 0 Å². The van der Waals surface area contributed by atoms with E-state index in [1.54, 1.807) is 0 Å². The zero-order chi connectivity index (χ0) is 12.9. The largest absolute Gasteiger partial charge is 0.417 e. The summed E-state index contributed by atoms with van der Waals surface area (Å²) in [7, 11) is 0. The molecule has 1 aromatic heterocycles. The predicted molar refractivity (Wildman–Crippen MR) is 63.3 cm³/mol. The Morgan fingerprint density at radius 1 is 1.18 bits per heavy atom. The van der Waals surface area contributed by atoms with Crippen molar-refractivity contribution in [2.45, 2.75) is 32.0 Å². The van der Waals surface area contributed by atoms with Crippen molar-refractivity contribution in [1.82, 2.24) is 4.57 Å². The van der Waals surface area contributed by atoms with Crippen LogP contribution in [0.4, 0.5) is 13.2 Å². The molecule has 0 N–H and O–H groups in total. The van der Waals surface area contributed by atoms with Gasteiger partial charge >= 0.3 is 6.18 Å². The van der Waals surface area contributed by atoms with E-state index in [0.717, 1.165) is 41.1 Å². The van der Waals surface area contributed by atoms with Crippen LogP contribution in [0.2, 0.25) is 0 Å². The highest BCUT2D eigenvalue weighted by Gasteiger charge is 2.30. The quantitative estimate of drug-likeness (QED) is 0.603. The van der Waals surface area contributed by atoms with Crippen molar-refractivity contribution in [2.24, 2.45) is 0 Å². The van der Waals surface area contributed by atoms with Crippen LogP contribution in [0.15, 0.2) is 23.1 Å². The summed E-state index contributed by atoms with van der Waals surface area (Å²) in [5.74, 6) is 0. The molecule has 0 unspecified atom stereocenters. The fourth-order valence-corrected chi connectivity index (χ4v) is 1.82. The van der Waals surface area contributed by atoms with E-state index in [0.29, 0.717) is 13.0 Å². The molecule has 96 valence electrons. The number of unbranched alkanes of at least 4 members (excludes halogenated alkanes) is 2. The van der Waals surface area contributed by atoms with Gasteiger partial charge in [0.05, 0.1) is 5.56 Å². The van der Waals surface area contributed by atoms with Gasteiger partial charge in [0.25, 0.3) is 5.56 Å². The van der Waals surface area contributed by atoms with Gasteiger partial charge in [-0.05, 0) is 18.9 Å². The van der Waals surface area contributed by atoms with Crippen LogP contribution in [-0.2, 0) is 12.7 Å². The average molecular weight is 312 g/mol. The molecule has 0 aromatic carbocycles. The summed E-state index contributed by atoms with van der Waals surface area (Å²) >= 11 is 3.27. The Labute approximate surface area is 106 Å². The lowest BCUT2D eigenvalue weighted by Gasteiger charge is -2.10. The zero-order valence-electron chi connectivity index (χ0n) is 9.13. The van der Waals surface area contributed by atoms with Crippen LogP contribution in [0.5, 0.6) is 0 Å². The van der Waals surface area contributed by atoms with E-state index < -0.39 is 17.3 Å². The predicted octanol–water partition coefficient (Wildman–Crippen LogP) is 3.43. The fourth-order valence-electron chi connectivity index (χ4n) is 1.43. The molecular formula is C11H13BrF3NO. The van der Waals surface area contributed by atoms with Crippen LogP contribution in [0.1, 0.15) is 24.8 Å². The van der Waals surface area contributed by atoms with Crippen molar-refractivity contribution in [3.63, 3.8) is 0 Å². The number of pyridine rings is 1. The fraction of sp³-hybridized carbons (Fsp3) is 0.545. The standard InChI is InChI=1S/C11H13BrF3NO/c12-6-2-1-3-7-16-8-9(11(13,14)15)4-5-10(16)17/h4-5,8H,1-3,6-7H2. The first-order chi connectivity index (χ1) is 7.95. The molecule has 0 aliphatic carbocycles. The van der Waals surface area contributed by atoms with Gasteiger partial charge in [-0.1, -0.05) is 22.4 Å².